The van der Waals surface area contributed by atoms with E-state index in [0.29, 0.717) is 16.9 Å². The highest BCUT2D eigenvalue weighted by molar-refractivity contribution is 14.1. The fourth-order valence-electron chi connectivity index (χ4n) is 2.43. The zero-order valence-electron chi connectivity index (χ0n) is 12.0. The van der Waals surface area contributed by atoms with Crippen molar-refractivity contribution in [3.8, 4) is 0 Å². The van der Waals surface area contributed by atoms with Crippen LogP contribution in [0.1, 0.15) is 34.1 Å². The number of carbonyl (C=O) groups excluding carboxylic acids is 2. The molecule has 0 N–H and O–H groups in total. The summed E-state index contributed by atoms with van der Waals surface area (Å²) >= 11 is 1.70. The summed E-state index contributed by atoms with van der Waals surface area (Å²) in [5.74, 6) is -1.55. The van der Waals surface area contributed by atoms with Crippen LogP contribution in [0.25, 0.3) is 10.8 Å². The third-order valence-electron chi connectivity index (χ3n) is 3.55. The summed E-state index contributed by atoms with van der Waals surface area (Å²) in [5.41, 5.74) is 0.490. The molecule has 1 heterocycles. The SMILES string of the molecule is CCC(I)S(=O)(=O)ON1C(=O)c2cccc3cccc(c23)C1=O. The number of carbonyl (C=O) groups is 2. The highest BCUT2D eigenvalue weighted by Crippen LogP contribution is 2.31. The number of alkyl halides is 1. The van der Waals surface area contributed by atoms with Gasteiger partial charge in [0.15, 0.2) is 0 Å². The van der Waals surface area contributed by atoms with Crippen LogP contribution in [-0.2, 0) is 14.4 Å². The average molecular weight is 445 g/mol. The molecule has 1 unspecified atom stereocenters. The summed E-state index contributed by atoms with van der Waals surface area (Å²) in [7, 11) is -4.08. The Kier molecular flexibility index (Phi) is 4.15. The Hall–Kier alpha value is -1.52. The van der Waals surface area contributed by atoms with Gasteiger partial charge in [-0.3, -0.25) is 9.59 Å². The number of halogens is 1. The number of benzene rings is 2. The first-order chi connectivity index (χ1) is 10.9. The molecule has 0 bridgehead atoms. The minimum absolute atomic E-state index is 0.245. The van der Waals surface area contributed by atoms with E-state index in [1.54, 1.807) is 65.9 Å². The van der Waals surface area contributed by atoms with Gasteiger partial charge >= 0.3 is 10.1 Å². The van der Waals surface area contributed by atoms with Gasteiger partial charge in [0.2, 0.25) is 0 Å². The van der Waals surface area contributed by atoms with Gasteiger partial charge in [-0.15, -0.1) is 9.35 Å². The van der Waals surface area contributed by atoms with Crippen LogP contribution in [0.3, 0.4) is 0 Å². The van der Waals surface area contributed by atoms with Crippen molar-refractivity contribution in [3.63, 3.8) is 0 Å². The van der Waals surface area contributed by atoms with Crippen LogP contribution < -0.4 is 0 Å². The molecule has 2 aromatic carbocycles. The largest absolute Gasteiger partial charge is 0.300 e. The van der Waals surface area contributed by atoms with Crippen molar-refractivity contribution >= 4 is 55.3 Å². The van der Waals surface area contributed by atoms with E-state index < -0.39 is 25.2 Å². The van der Waals surface area contributed by atoms with Gasteiger partial charge in [-0.2, -0.15) is 8.42 Å². The van der Waals surface area contributed by atoms with Crippen LogP contribution in [0.4, 0.5) is 0 Å². The van der Waals surface area contributed by atoms with Gasteiger partial charge in [-0.1, -0.05) is 53.8 Å². The van der Waals surface area contributed by atoms with Gasteiger partial charge in [0.1, 0.15) is 3.26 Å². The van der Waals surface area contributed by atoms with Crippen LogP contribution >= 0.6 is 22.6 Å². The lowest BCUT2D eigenvalue weighted by molar-refractivity contribution is -0.0156. The highest BCUT2D eigenvalue weighted by atomic mass is 127. The van der Waals surface area contributed by atoms with Crippen molar-refractivity contribution in [3.05, 3.63) is 47.5 Å². The minimum Gasteiger partial charge on any atom is -0.266 e. The maximum absolute atomic E-state index is 12.5. The minimum atomic E-state index is -4.08. The topological polar surface area (TPSA) is 80.8 Å². The molecule has 0 aromatic heterocycles. The van der Waals surface area contributed by atoms with Crippen LogP contribution in [0, 0.1) is 0 Å². The van der Waals surface area contributed by atoms with Gasteiger partial charge in [-0.05, 0) is 23.9 Å². The number of hydrogen-bond donors (Lipinski definition) is 0. The molecule has 0 spiro atoms. The smallest absolute Gasteiger partial charge is 0.266 e. The van der Waals surface area contributed by atoms with Crippen molar-refractivity contribution in [1.29, 1.82) is 0 Å². The molecular formula is C15H12INO5S. The first-order valence-electron chi connectivity index (χ1n) is 6.85. The fraction of sp³-hybridized carbons (Fsp3) is 0.200. The van der Waals surface area contributed by atoms with E-state index in [4.69, 9.17) is 4.28 Å². The molecule has 1 aliphatic heterocycles. The molecule has 0 saturated carbocycles. The van der Waals surface area contributed by atoms with E-state index in [1.165, 1.54) is 0 Å². The zero-order chi connectivity index (χ0) is 16.8. The first-order valence-corrected chi connectivity index (χ1v) is 9.56. The average Bonchev–Trinajstić information content (AvgIpc) is 2.55. The lowest BCUT2D eigenvalue weighted by Crippen LogP contribution is -2.42. The standard InChI is InChI=1S/C15H12INO5S/c1-2-12(16)23(20,21)22-17-14(18)10-7-3-5-9-6-4-8-11(13(9)10)15(17)19/h3-8,12H,2H2,1H3. The van der Waals surface area contributed by atoms with Crippen LogP contribution in [-0.4, -0.2) is 28.6 Å². The zero-order valence-corrected chi connectivity index (χ0v) is 15.0. The van der Waals surface area contributed by atoms with Gasteiger partial charge in [0.05, 0.1) is 11.1 Å². The number of rotatable bonds is 4. The molecule has 1 aliphatic rings. The first kappa shape index (κ1) is 16.3. The number of imide groups is 1. The monoisotopic (exact) mass is 445 g/mol. The van der Waals surface area contributed by atoms with Gasteiger partial charge < -0.3 is 0 Å². The fourth-order valence-corrected chi connectivity index (χ4v) is 3.55. The van der Waals surface area contributed by atoms with E-state index in [1.807, 2.05) is 0 Å². The Morgan fingerprint density at radius 3 is 2.09 bits per heavy atom. The van der Waals surface area contributed by atoms with Crippen molar-refractivity contribution in [2.24, 2.45) is 0 Å². The second-order valence-electron chi connectivity index (χ2n) is 5.00. The van der Waals surface area contributed by atoms with Gasteiger partial charge in [0, 0.05) is 5.39 Å². The molecule has 3 rings (SSSR count). The molecule has 0 radical (unpaired) electrons. The van der Waals surface area contributed by atoms with E-state index >= 15 is 0 Å². The predicted octanol–water partition coefficient (Wildman–Crippen LogP) is 2.87. The summed E-state index contributed by atoms with van der Waals surface area (Å²) in [6, 6.07) is 10.0. The lowest BCUT2D eigenvalue weighted by Gasteiger charge is -2.25. The summed E-state index contributed by atoms with van der Waals surface area (Å²) in [6.07, 6.45) is 0.297. The van der Waals surface area contributed by atoms with E-state index in [-0.39, 0.29) is 11.1 Å². The molecular weight excluding hydrogens is 433 g/mol. The molecule has 0 fully saturated rings. The third-order valence-corrected chi connectivity index (χ3v) is 7.61. The van der Waals surface area contributed by atoms with Crippen LogP contribution in [0.5, 0.6) is 0 Å². The van der Waals surface area contributed by atoms with E-state index in [0.717, 1.165) is 5.39 Å². The number of amides is 2. The Bertz CT molecular complexity index is 874. The summed E-state index contributed by atoms with van der Waals surface area (Å²) < 4.78 is 28.2. The van der Waals surface area contributed by atoms with Gasteiger partial charge in [-0.25, -0.2) is 0 Å². The van der Waals surface area contributed by atoms with E-state index in [9.17, 15) is 18.0 Å². The molecule has 6 nitrogen and oxygen atoms in total. The quantitative estimate of drug-likeness (QED) is 0.411. The summed E-state index contributed by atoms with van der Waals surface area (Å²) in [5, 5.41) is 1.60. The molecule has 0 saturated heterocycles. The molecule has 0 aliphatic carbocycles. The number of hydroxylamine groups is 2. The van der Waals surface area contributed by atoms with Crippen molar-refractivity contribution < 1.29 is 22.3 Å². The van der Waals surface area contributed by atoms with Crippen molar-refractivity contribution in [1.82, 2.24) is 5.06 Å². The van der Waals surface area contributed by atoms with Crippen LogP contribution in [0.15, 0.2) is 36.4 Å². The second-order valence-corrected chi connectivity index (χ2v) is 9.05. The predicted molar refractivity (Wildman–Crippen MR) is 92.6 cm³/mol. The maximum atomic E-state index is 12.5. The third kappa shape index (κ3) is 2.64. The Labute approximate surface area is 146 Å². The molecule has 120 valence electrons. The second kappa shape index (κ2) is 5.84. The Morgan fingerprint density at radius 1 is 1.09 bits per heavy atom. The molecule has 1 atom stereocenters. The van der Waals surface area contributed by atoms with Gasteiger partial charge in [0.25, 0.3) is 11.8 Å². The van der Waals surface area contributed by atoms with Crippen molar-refractivity contribution in [2.45, 2.75) is 16.6 Å². The Balaban J connectivity index is 2.11. The Morgan fingerprint density at radius 2 is 1.61 bits per heavy atom. The molecule has 23 heavy (non-hydrogen) atoms. The normalized spacial score (nSPS) is 16.0. The summed E-state index contributed by atoms with van der Waals surface area (Å²) in [6.45, 7) is 1.67. The van der Waals surface area contributed by atoms with E-state index in [2.05, 4.69) is 0 Å². The number of nitrogens with zero attached hydrogens (tertiary/aromatic N) is 1. The summed E-state index contributed by atoms with van der Waals surface area (Å²) in [4.78, 5) is 25.0. The molecule has 2 aromatic rings. The molecule has 8 heteroatoms. The highest BCUT2D eigenvalue weighted by Gasteiger charge is 2.38. The molecule has 2 amide bonds. The van der Waals surface area contributed by atoms with Crippen molar-refractivity contribution in [2.75, 3.05) is 0 Å². The maximum Gasteiger partial charge on any atom is 0.300 e. The lowest BCUT2D eigenvalue weighted by atomic mass is 9.95. The number of hydrogen-bond acceptors (Lipinski definition) is 5. The van der Waals surface area contributed by atoms with Crippen LogP contribution in [0.2, 0.25) is 0 Å².